The van der Waals surface area contributed by atoms with Gasteiger partial charge in [0.1, 0.15) is 17.3 Å². The second kappa shape index (κ2) is 10.1. The van der Waals surface area contributed by atoms with Gasteiger partial charge in [0.15, 0.2) is 25.6 Å². The van der Waals surface area contributed by atoms with Gasteiger partial charge in [-0.05, 0) is 33.6 Å². The molecule has 0 unspecified atom stereocenters. The smallest absolute Gasteiger partial charge is 0.310 e. The molecule has 0 aliphatic heterocycles. The van der Waals surface area contributed by atoms with Crippen molar-refractivity contribution in [3.05, 3.63) is 34.0 Å². The summed E-state index contributed by atoms with van der Waals surface area (Å²) in [5.74, 6) is 0.758. The molecule has 1 aromatic carbocycles. The number of carbonyl (C=O) groups is 2. The summed E-state index contributed by atoms with van der Waals surface area (Å²) in [5, 5.41) is 0. The van der Waals surface area contributed by atoms with Crippen molar-refractivity contribution >= 4 is 28.2 Å². The summed E-state index contributed by atoms with van der Waals surface area (Å²) in [4.78, 5) is 23.0. The van der Waals surface area contributed by atoms with E-state index in [0.717, 1.165) is 0 Å². The Hall–Kier alpha value is -2.36. The second-order valence-electron chi connectivity index (χ2n) is 5.21. The standard InChI is InChI=1S/C18H19BrO8/c1-22-9-25-14-7-15(26-10-23-2)18(19)12(6-16(21)24-3)17(14)13-5-4-11(8-20)27-13/h4-5,7-8H,6,9-10H2,1-3H3. The van der Waals surface area contributed by atoms with Crippen molar-refractivity contribution in [3.63, 3.8) is 0 Å². The van der Waals surface area contributed by atoms with Crippen LogP contribution < -0.4 is 9.47 Å². The van der Waals surface area contributed by atoms with Crippen LogP contribution in [0.4, 0.5) is 0 Å². The Bertz CT molecular complexity index is 799. The van der Waals surface area contributed by atoms with E-state index >= 15 is 0 Å². The van der Waals surface area contributed by atoms with Gasteiger partial charge in [0.25, 0.3) is 0 Å². The Morgan fingerprint density at radius 2 is 1.78 bits per heavy atom. The van der Waals surface area contributed by atoms with E-state index in [4.69, 9.17) is 28.1 Å². The minimum Gasteiger partial charge on any atom is -0.469 e. The van der Waals surface area contributed by atoms with Crippen LogP contribution in [0.25, 0.3) is 11.3 Å². The zero-order chi connectivity index (χ0) is 19.8. The highest BCUT2D eigenvalue weighted by Crippen LogP contribution is 2.44. The highest BCUT2D eigenvalue weighted by molar-refractivity contribution is 9.10. The topological polar surface area (TPSA) is 93.4 Å². The van der Waals surface area contributed by atoms with Crippen LogP contribution in [-0.4, -0.2) is 47.2 Å². The summed E-state index contributed by atoms with van der Waals surface area (Å²) in [6.45, 7) is -0.0490. The van der Waals surface area contributed by atoms with Crippen LogP contribution >= 0.6 is 15.9 Å². The van der Waals surface area contributed by atoms with Crippen LogP contribution in [0.1, 0.15) is 16.1 Å². The summed E-state index contributed by atoms with van der Waals surface area (Å²) < 4.78 is 32.0. The second-order valence-corrected chi connectivity index (χ2v) is 6.01. The molecule has 27 heavy (non-hydrogen) atoms. The fourth-order valence-corrected chi connectivity index (χ4v) is 2.90. The van der Waals surface area contributed by atoms with Crippen molar-refractivity contribution < 1.29 is 37.7 Å². The van der Waals surface area contributed by atoms with Crippen molar-refractivity contribution in [1.29, 1.82) is 0 Å². The molecule has 0 aliphatic carbocycles. The fraction of sp³-hybridized carbons (Fsp3) is 0.333. The van der Waals surface area contributed by atoms with E-state index < -0.39 is 5.97 Å². The zero-order valence-electron chi connectivity index (χ0n) is 15.1. The van der Waals surface area contributed by atoms with Gasteiger partial charge >= 0.3 is 5.97 Å². The van der Waals surface area contributed by atoms with Crippen LogP contribution in [-0.2, 0) is 25.4 Å². The van der Waals surface area contributed by atoms with Crippen molar-refractivity contribution in [1.82, 2.24) is 0 Å². The van der Waals surface area contributed by atoms with Gasteiger partial charge in [-0.2, -0.15) is 0 Å². The molecule has 2 aromatic rings. The highest BCUT2D eigenvalue weighted by atomic mass is 79.9. The molecular formula is C18H19BrO8. The molecule has 0 atom stereocenters. The van der Waals surface area contributed by atoms with E-state index in [0.29, 0.717) is 39.1 Å². The summed E-state index contributed by atoms with van der Waals surface area (Å²) in [5.41, 5.74) is 0.982. The summed E-state index contributed by atoms with van der Waals surface area (Å²) in [6.07, 6.45) is 0.501. The van der Waals surface area contributed by atoms with Gasteiger partial charge in [-0.3, -0.25) is 9.59 Å². The molecule has 0 saturated heterocycles. The van der Waals surface area contributed by atoms with E-state index in [1.54, 1.807) is 12.1 Å². The molecule has 0 aliphatic rings. The molecule has 0 amide bonds. The van der Waals surface area contributed by atoms with Gasteiger partial charge < -0.3 is 28.1 Å². The maximum absolute atomic E-state index is 12.0. The Morgan fingerprint density at radius 1 is 1.11 bits per heavy atom. The average molecular weight is 443 g/mol. The number of benzene rings is 1. The number of aldehydes is 1. The molecule has 9 heteroatoms. The molecule has 0 radical (unpaired) electrons. The van der Waals surface area contributed by atoms with E-state index in [9.17, 15) is 9.59 Å². The fourth-order valence-electron chi connectivity index (χ4n) is 2.33. The first kappa shape index (κ1) is 20.9. The van der Waals surface area contributed by atoms with Gasteiger partial charge in [0, 0.05) is 20.3 Å². The average Bonchev–Trinajstić information content (AvgIpc) is 3.15. The van der Waals surface area contributed by atoms with Crippen LogP contribution in [0, 0.1) is 0 Å². The van der Waals surface area contributed by atoms with Crippen molar-refractivity contribution in [2.24, 2.45) is 0 Å². The van der Waals surface area contributed by atoms with Gasteiger partial charge in [0.2, 0.25) is 0 Å². The predicted molar refractivity (Wildman–Crippen MR) is 98.0 cm³/mol. The first-order chi connectivity index (χ1) is 13.0. The summed E-state index contributed by atoms with van der Waals surface area (Å²) in [7, 11) is 4.26. The zero-order valence-corrected chi connectivity index (χ0v) is 16.7. The lowest BCUT2D eigenvalue weighted by Crippen LogP contribution is -2.10. The number of esters is 1. The minimum absolute atomic E-state index is 0.00459. The maximum atomic E-state index is 12.0. The molecule has 0 fully saturated rings. The van der Waals surface area contributed by atoms with Crippen molar-refractivity contribution in [3.8, 4) is 22.8 Å². The molecule has 8 nitrogen and oxygen atoms in total. The largest absolute Gasteiger partial charge is 0.469 e. The van der Waals surface area contributed by atoms with E-state index in [2.05, 4.69) is 15.9 Å². The minimum atomic E-state index is -0.472. The number of halogens is 1. The molecule has 1 aromatic heterocycles. The number of hydrogen-bond acceptors (Lipinski definition) is 8. The Labute approximate surface area is 164 Å². The number of furan rings is 1. The maximum Gasteiger partial charge on any atom is 0.310 e. The number of methoxy groups -OCH3 is 3. The first-order valence-corrected chi connectivity index (χ1v) is 8.56. The van der Waals surface area contributed by atoms with Gasteiger partial charge in [-0.1, -0.05) is 0 Å². The van der Waals surface area contributed by atoms with E-state index in [1.807, 2.05) is 0 Å². The molecule has 146 valence electrons. The highest BCUT2D eigenvalue weighted by Gasteiger charge is 2.24. The molecular weight excluding hydrogens is 424 g/mol. The molecule has 2 rings (SSSR count). The lowest BCUT2D eigenvalue weighted by Gasteiger charge is -2.18. The van der Waals surface area contributed by atoms with Crippen molar-refractivity contribution in [2.45, 2.75) is 6.42 Å². The number of ether oxygens (including phenoxy) is 5. The molecule has 0 bridgehead atoms. The quantitative estimate of drug-likeness (QED) is 0.314. The lowest BCUT2D eigenvalue weighted by atomic mass is 10.0. The Balaban J connectivity index is 2.67. The predicted octanol–water partition coefficient (Wildman–Crippen LogP) is 3.20. The summed E-state index contributed by atoms with van der Waals surface area (Å²) >= 11 is 3.46. The van der Waals surface area contributed by atoms with Crippen molar-refractivity contribution in [2.75, 3.05) is 34.9 Å². The Kier molecular flexibility index (Phi) is 7.83. The van der Waals surface area contributed by atoms with Gasteiger partial charge in [0.05, 0.1) is 23.6 Å². The van der Waals surface area contributed by atoms with Crippen LogP contribution in [0.2, 0.25) is 0 Å². The van der Waals surface area contributed by atoms with E-state index in [-0.39, 0.29) is 25.8 Å². The van der Waals surface area contributed by atoms with E-state index in [1.165, 1.54) is 27.4 Å². The monoisotopic (exact) mass is 442 g/mol. The van der Waals surface area contributed by atoms with Crippen LogP contribution in [0.3, 0.4) is 0 Å². The number of rotatable bonds is 10. The Morgan fingerprint density at radius 3 is 2.33 bits per heavy atom. The number of carbonyl (C=O) groups excluding carboxylic acids is 2. The normalized spacial score (nSPS) is 10.5. The summed E-state index contributed by atoms with van der Waals surface area (Å²) in [6, 6.07) is 4.75. The third kappa shape index (κ3) is 5.09. The molecule has 1 heterocycles. The van der Waals surface area contributed by atoms with Crippen LogP contribution in [0.15, 0.2) is 27.1 Å². The third-order valence-electron chi connectivity index (χ3n) is 3.49. The molecule has 0 spiro atoms. The van der Waals surface area contributed by atoms with Gasteiger partial charge in [-0.15, -0.1) is 0 Å². The molecule has 0 N–H and O–H groups in total. The SMILES string of the molecule is COCOc1cc(OCOC)c(-c2ccc(C=O)o2)c(CC(=O)OC)c1Br. The lowest BCUT2D eigenvalue weighted by molar-refractivity contribution is -0.139. The first-order valence-electron chi connectivity index (χ1n) is 7.76. The number of hydrogen-bond donors (Lipinski definition) is 0. The van der Waals surface area contributed by atoms with Gasteiger partial charge in [-0.25, -0.2) is 0 Å². The molecule has 0 saturated carbocycles. The van der Waals surface area contributed by atoms with Crippen LogP contribution in [0.5, 0.6) is 11.5 Å². The third-order valence-corrected chi connectivity index (χ3v) is 4.36.